The minimum Gasteiger partial charge on any atom is -0.356 e. The van der Waals surface area contributed by atoms with Crippen LogP contribution in [0.3, 0.4) is 0 Å². The molecule has 2 rings (SSSR count). The molecule has 4 nitrogen and oxygen atoms in total. The van der Waals surface area contributed by atoms with Crippen LogP contribution in [0.4, 0.5) is 4.39 Å². The maximum absolute atomic E-state index is 13.1. The molecule has 1 atom stereocenters. The summed E-state index contributed by atoms with van der Waals surface area (Å²) in [5, 5.41) is 2.89. The van der Waals surface area contributed by atoms with Gasteiger partial charge in [-0.3, -0.25) is 9.59 Å². The third kappa shape index (κ3) is 3.89. The van der Waals surface area contributed by atoms with E-state index in [1.807, 2.05) is 20.8 Å². The van der Waals surface area contributed by atoms with E-state index in [0.717, 1.165) is 12.0 Å². The molecule has 23 heavy (non-hydrogen) atoms. The van der Waals surface area contributed by atoms with Gasteiger partial charge < -0.3 is 10.2 Å². The van der Waals surface area contributed by atoms with Gasteiger partial charge in [-0.05, 0) is 44.4 Å². The molecule has 126 valence electrons. The Bertz CT molecular complexity index is 569. The van der Waals surface area contributed by atoms with Gasteiger partial charge in [-0.15, -0.1) is 0 Å². The van der Waals surface area contributed by atoms with Crippen LogP contribution in [0.5, 0.6) is 0 Å². The van der Waals surface area contributed by atoms with Gasteiger partial charge in [0.25, 0.3) is 0 Å². The Morgan fingerprint density at radius 3 is 2.57 bits per heavy atom. The summed E-state index contributed by atoms with van der Waals surface area (Å²) in [5.74, 6) is -0.433. The SMILES string of the molecule is CCCNC(=O)C1CCN(C(=O)C(C)(C)c2ccc(F)cc2)C1. The second-order valence-corrected chi connectivity index (χ2v) is 6.66. The second-order valence-electron chi connectivity index (χ2n) is 6.66. The summed E-state index contributed by atoms with van der Waals surface area (Å²) >= 11 is 0. The number of hydrogen-bond acceptors (Lipinski definition) is 2. The normalized spacial score (nSPS) is 18.1. The molecule has 1 aliphatic heterocycles. The quantitative estimate of drug-likeness (QED) is 0.906. The zero-order chi connectivity index (χ0) is 17.0. The average molecular weight is 320 g/mol. The number of rotatable bonds is 5. The maximum Gasteiger partial charge on any atom is 0.232 e. The van der Waals surface area contributed by atoms with E-state index in [9.17, 15) is 14.0 Å². The fourth-order valence-electron chi connectivity index (χ4n) is 2.94. The van der Waals surface area contributed by atoms with Gasteiger partial charge in [-0.1, -0.05) is 19.1 Å². The standard InChI is InChI=1S/C18H25FN2O2/c1-4-10-20-16(22)13-9-11-21(12-13)17(23)18(2,3)14-5-7-15(19)8-6-14/h5-8,13H,4,9-12H2,1-3H3,(H,20,22). The number of carbonyl (C=O) groups excluding carboxylic acids is 2. The van der Waals surface area contributed by atoms with Gasteiger partial charge in [-0.25, -0.2) is 4.39 Å². The van der Waals surface area contributed by atoms with Gasteiger partial charge in [0.15, 0.2) is 0 Å². The summed E-state index contributed by atoms with van der Waals surface area (Å²) in [6.07, 6.45) is 1.60. The van der Waals surface area contributed by atoms with Crippen LogP contribution in [0, 0.1) is 11.7 Å². The molecule has 0 saturated carbocycles. The lowest BCUT2D eigenvalue weighted by Gasteiger charge is -2.29. The van der Waals surface area contributed by atoms with E-state index in [4.69, 9.17) is 0 Å². The molecule has 5 heteroatoms. The molecule has 1 aliphatic rings. The van der Waals surface area contributed by atoms with Crippen molar-refractivity contribution in [2.45, 2.75) is 39.0 Å². The van der Waals surface area contributed by atoms with Crippen molar-refractivity contribution in [2.24, 2.45) is 5.92 Å². The number of hydrogen-bond donors (Lipinski definition) is 1. The van der Waals surface area contributed by atoms with Crippen molar-refractivity contribution in [3.63, 3.8) is 0 Å². The summed E-state index contributed by atoms with van der Waals surface area (Å²) in [6, 6.07) is 6.04. The van der Waals surface area contributed by atoms with Crippen LogP contribution in [0.2, 0.25) is 0 Å². The summed E-state index contributed by atoms with van der Waals surface area (Å²) in [4.78, 5) is 26.6. The highest BCUT2D eigenvalue weighted by Gasteiger charge is 2.38. The number of nitrogens with zero attached hydrogens (tertiary/aromatic N) is 1. The van der Waals surface area contributed by atoms with E-state index in [-0.39, 0.29) is 23.5 Å². The summed E-state index contributed by atoms with van der Waals surface area (Å²) in [7, 11) is 0. The number of benzene rings is 1. The van der Waals surface area contributed by atoms with Gasteiger partial charge in [0.2, 0.25) is 11.8 Å². The molecule has 0 aromatic heterocycles. The Balaban J connectivity index is 2.03. The number of halogens is 1. The highest BCUT2D eigenvalue weighted by Crippen LogP contribution is 2.29. The highest BCUT2D eigenvalue weighted by atomic mass is 19.1. The molecule has 1 fully saturated rings. The molecule has 1 aromatic rings. The monoisotopic (exact) mass is 320 g/mol. The smallest absolute Gasteiger partial charge is 0.232 e. The summed E-state index contributed by atoms with van der Waals surface area (Å²) in [5.41, 5.74) is 0.0467. The molecule has 1 heterocycles. The third-order valence-electron chi connectivity index (χ3n) is 4.50. The molecule has 0 spiro atoms. The van der Waals surface area contributed by atoms with E-state index in [0.29, 0.717) is 26.1 Å². The van der Waals surface area contributed by atoms with Crippen LogP contribution in [0.25, 0.3) is 0 Å². The average Bonchev–Trinajstić information content (AvgIpc) is 3.02. The lowest BCUT2D eigenvalue weighted by molar-refractivity contribution is -0.135. The summed E-state index contributed by atoms with van der Waals surface area (Å²) < 4.78 is 13.1. The minimum atomic E-state index is -0.734. The lowest BCUT2D eigenvalue weighted by atomic mass is 9.83. The first-order chi connectivity index (χ1) is 10.9. The van der Waals surface area contributed by atoms with Crippen LogP contribution in [0.15, 0.2) is 24.3 Å². The fourth-order valence-corrected chi connectivity index (χ4v) is 2.94. The summed E-state index contributed by atoms with van der Waals surface area (Å²) in [6.45, 7) is 7.41. The first kappa shape index (κ1) is 17.4. The number of nitrogens with one attached hydrogen (secondary N) is 1. The van der Waals surface area contributed by atoms with Crippen molar-refractivity contribution in [3.8, 4) is 0 Å². The number of carbonyl (C=O) groups is 2. The fraction of sp³-hybridized carbons (Fsp3) is 0.556. The van der Waals surface area contributed by atoms with Gasteiger partial charge >= 0.3 is 0 Å². The van der Waals surface area contributed by atoms with Crippen molar-refractivity contribution in [3.05, 3.63) is 35.6 Å². The van der Waals surface area contributed by atoms with Crippen LogP contribution >= 0.6 is 0 Å². The predicted molar refractivity (Wildman–Crippen MR) is 87.4 cm³/mol. The number of amides is 2. The molecule has 1 N–H and O–H groups in total. The van der Waals surface area contributed by atoms with Crippen LogP contribution < -0.4 is 5.32 Å². The van der Waals surface area contributed by atoms with Crippen LogP contribution in [-0.2, 0) is 15.0 Å². The maximum atomic E-state index is 13.1. The van der Waals surface area contributed by atoms with Crippen molar-refractivity contribution < 1.29 is 14.0 Å². The molecular formula is C18H25FN2O2. The molecule has 0 aliphatic carbocycles. The second kappa shape index (κ2) is 7.11. The van der Waals surface area contributed by atoms with Gasteiger partial charge in [0, 0.05) is 19.6 Å². The lowest BCUT2D eigenvalue weighted by Crippen LogP contribution is -2.43. The van der Waals surface area contributed by atoms with E-state index >= 15 is 0 Å². The zero-order valence-corrected chi connectivity index (χ0v) is 14.1. The van der Waals surface area contributed by atoms with Crippen LogP contribution in [0.1, 0.15) is 39.2 Å². The largest absolute Gasteiger partial charge is 0.356 e. The van der Waals surface area contributed by atoms with E-state index in [1.165, 1.54) is 12.1 Å². The van der Waals surface area contributed by atoms with Crippen molar-refractivity contribution >= 4 is 11.8 Å². The number of likely N-dealkylation sites (tertiary alicyclic amines) is 1. The molecular weight excluding hydrogens is 295 g/mol. The van der Waals surface area contributed by atoms with Gasteiger partial charge in [-0.2, -0.15) is 0 Å². The van der Waals surface area contributed by atoms with Crippen molar-refractivity contribution in [2.75, 3.05) is 19.6 Å². The Hall–Kier alpha value is -1.91. The van der Waals surface area contributed by atoms with Crippen molar-refractivity contribution in [1.82, 2.24) is 10.2 Å². The third-order valence-corrected chi connectivity index (χ3v) is 4.50. The predicted octanol–water partition coefficient (Wildman–Crippen LogP) is 2.48. The molecule has 2 amide bonds. The van der Waals surface area contributed by atoms with Crippen molar-refractivity contribution in [1.29, 1.82) is 0 Å². The Morgan fingerprint density at radius 2 is 1.96 bits per heavy atom. The van der Waals surface area contributed by atoms with E-state index in [2.05, 4.69) is 5.32 Å². The molecule has 1 unspecified atom stereocenters. The highest BCUT2D eigenvalue weighted by molar-refractivity contribution is 5.89. The first-order valence-corrected chi connectivity index (χ1v) is 8.19. The Morgan fingerprint density at radius 1 is 1.30 bits per heavy atom. The molecule has 1 aromatic carbocycles. The van der Waals surface area contributed by atoms with Gasteiger partial charge in [0.05, 0.1) is 11.3 Å². The van der Waals surface area contributed by atoms with Crippen LogP contribution in [-0.4, -0.2) is 36.3 Å². The van der Waals surface area contributed by atoms with Gasteiger partial charge in [0.1, 0.15) is 5.82 Å². The minimum absolute atomic E-state index is 0.0186. The Kier molecular flexibility index (Phi) is 5.39. The Labute approximate surface area is 137 Å². The topological polar surface area (TPSA) is 49.4 Å². The molecule has 0 bridgehead atoms. The molecule has 1 saturated heterocycles. The first-order valence-electron chi connectivity index (χ1n) is 8.19. The van der Waals surface area contributed by atoms with E-state index < -0.39 is 5.41 Å². The molecule has 0 radical (unpaired) electrons. The van der Waals surface area contributed by atoms with E-state index in [1.54, 1.807) is 17.0 Å². The zero-order valence-electron chi connectivity index (χ0n) is 14.1.